The van der Waals surface area contributed by atoms with Crippen molar-refractivity contribution in [3.63, 3.8) is 0 Å². The lowest BCUT2D eigenvalue weighted by molar-refractivity contribution is 0.622. The number of benzene rings is 3. The van der Waals surface area contributed by atoms with Gasteiger partial charge in [0.2, 0.25) is 5.89 Å². The van der Waals surface area contributed by atoms with E-state index in [1.165, 1.54) is 20.9 Å². The molecule has 0 unspecified atom stereocenters. The number of fused-ring (bicyclic) bond motifs is 3. The van der Waals surface area contributed by atoms with Crippen LogP contribution in [0.5, 0.6) is 0 Å². The predicted octanol–water partition coefficient (Wildman–Crippen LogP) is 5.86. The summed E-state index contributed by atoms with van der Waals surface area (Å²) in [5.41, 5.74) is 1.75. The molecule has 0 aliphatic heterocycles. The van der Waals surface area contributed by atoms with E-state index in [9.17, 15) is 0 Å². The maximum atomic E-state index is 5.99. The summed E-state index contributed by atoms with van der Waals surface area (Å²) in [6.07, 6.45) is 0. The predicted molar refractivity (Wildman–Crippen MR) is 92.3 cm³/mol. The molecule has 0 spiro atoms. The van der Waals surface area contributed by atoms with Gasteiger partial charge in [-0.2, -0.15) is 0 Å². The van der Waals surface area contributed by atoms with E-state index < -0.39 is 0 Å². The minimum absolute atomic E-state index is 0.700. The van der Waals surface area contributed by atoms with Gasteiger partial charge < -0.3 is 4.42 Å². The summed E-state index contributed by atoms with van der Waals surface area (Å²) >= 11 is 1.71. The normalized spacial score (nSPS) is 11.6. The van der Waals surface area contributed by atoms with Crippen LogP contribution in [0, 0.1) is 0 Å². The van der Waals surface area contributed by atoms with Crippen molar-refractivity contribution >= 4 is 43.3 Å². The Hall–Kier alpha value is -2.65. The molecule has 0 aliphatic rings. The van der Waals surface area contributed by atoms with Crippen LogP contribution in [0.2, 0.25) is 0 Å². The quantitative estimate of drug-likeness (QED) is 0.387. The Morgan fingerprint density at radius 1 is 0.773 bits per heavy atom. The highest BCUT2D eigenvalue weighted by molar-refractivity contribution is 7.22. The number of nitrogens with zero attached hydrogens (tertiary/aromatic N) is 1. The minimum Gasteiger partial charge on any atom is -0.435 e. The first-order valence-corrected chi connectivity index (χ1v) is 7.97. The topological polar surface area (TPSA) is 26.0 Å². The number of rotatable bonds is 1. The second-order valence-electron chi connectivity index (χ2n) is 5.33. The lowest BCUT2D eigenvalue weighted by atomic mass is 10.1. The van der Waals surface area contributed by atoms with Crippen molar-refractivity contribution in [3.05, 3.63) is 66.7 Å². The Labute approximate surface area is 130 Å². The fraction of sp³-hybridized carbons (Fsp3) is 0. The van der Waals surface area contributed by atoms with Crippen LogP contribution in [0.1, 0.15) is 0 Å². The SMILES string of the molecule is c1ccc2cc3oc(-c4cc5ccccc5s4)nc3cc2c1. The summed E-state index contributed by atoms with van der Waals surface area (Å²) in [6.45, 7) is 0. The Morgan fingerprint density at radius 2 is 1.50 bits per heavy atom. The second kappa shape index (κ2) is 4.42. The smallest absolute Gasteiger partial charge is 0.237 e. The van der Waals surface area contributed by atoms with E-state index in [-0.39, 0.29) is 0 Å². The van der Waals surface area contributed by atoms with Crippen LogP contribution in [-0.4, -0.2) is 4.98 Å². The van der Waals surface area contributed by atoms with Crippen molar-refractivity contribution in [2.45, 2.75) is 0 Å². The van der Waals surface area contributed by atoms with Gasteiger partial charge in [-0.15, -0.1) is 11.3 Å². The standard InChI is InChI=1S/C19H11NOS/c1-2-6-13-10-16-15(9-12(13)5-1)20-19(21-16)18-11-14-7-3-4-8-17(14)22-18/h1-11H. The molecule has 0 aliphatic carbocycles. The molecule has 5 rings (SSSR count). The van der Waals surface area contributed by atoms with Crippen LogP contribution < -0.4 is 0 Å². The van der Waals surface area contributed by atoms with Gasteiger partial charge in [0.25, 0.3) is 0 Å². The molecule has 2 aromatic heterocycles. The largest absolute Gasteiger partial charge is 0.435 e. The molecule has 0 amide bonds. The molecule has 0 N–H and O–H groups in total. The van der Waals surface area contributed by atoms with Crippen LogP contribution in [0.25, 0.3) is 42.7 Å². The summed E-state index contributed by atoms with van der Waals surface area (Å²) in [6, 6.07) is 22.9. The van der Waals surface area contributed by atoms with E-state index in [0.717, 1.165) is 16.0 Å². The Kier molecular flexibility index (Phi) is 2.40. The Bertz CT molecular complexity index is 1050. The van der Waals surface area contributed by atoms with E-state index in [4.69, 9.17) is 4.42 Å². The molecule has 22 heavy (non-hydrogen) atoms. The molecule has 2 nitrogen and oxygen atoms in total. The van der Waals surface area contributed by atoms with Gasteiger partial charge in [0.1, 0.15) is 5.52 Å². The highest BCUT2D eigenvalue weighted by Crippen LogP contribution is 2.35. The van der Waals surface area contributed by atoms with Crippen molar-refractivity contribution < 1.29 is 4.42 Å². The zero-order chi connectivity index (χ0) is 14.5. The minimum atomic E-state index is 0.700. The van der Waals surface area contributed by atoms with Gasteiger partial charge in [0, 0.05) is 4.70 Å². The maximum absolute atomic E-state index is 5.99. The van der Waals surface area contributed by atoms with Crippen LogP contribution in [-0.2, 0) is 0 Å². The number of aromatic nitrogens is 1. The van der Waals surface area contributed by atoms with Gasteiger partial charge in [0.15, 0.2) is 5.58 Å². The number of hydrogen-bond donors (Lipinski definition) is 0. The summed E-state index contributed by atoms with van der Waals surface area (Å²) in [7, 11) is 0. The second-order valence-corrected chi connectivity index (χ2v) is 6.42. The third-order valence-corrected chi connectivity index (χ3v) is 5.00. The molecule has 104 valence electrons. The molecule has 3 heteroatoms. The van der Waals surface area contributed by atoms with Crippen molar-refractivity contribution in [2.24, 2.45) is 0 Å². The third-order valence-electron chi connectivity index (χ3n) is 3.89. The molecule has 0 atom stereocenters. The molecule has 2 heterocycles. The van der Waals surface area contributed by atoms with Gasteiger partial charge in [0.05, 0.1) is 4.88 Å². The monoisotopic (exact) mass is 301 g/mol. The van der Waals surface area contributed by atoms with Crippen LogP contribution in [0.3, 0.4) is 0 Å². The summed E-state index contributed by atoms with van der Waals surface area (Å²) in [5.74, 6) is 0.700. The van der Waals surface area contributed by atoms with E-state index >= 15 is 0 Å². The van der Waals surface area contributed by atoms with Crippen LogP contribution in [0.15, 0.2) is 71.1 Å². The molecule has 0 fully saturated rings. The van der Waals surface area contributed by atoms with E-state index in [1.807, 2.05) is 12.1 Å². The molecule has 3 aromatic carbocycles. The summed E-state index contributed by atoms with van der Waals surface area (Å²) in [4.78, 5) is 5.74. The maximum Gasteiger partial charge on any atom is 0.237 e. The summed E-state index contributed by atoms with van der Waals surface area (Å²) < 4.78 is 7.25. The number of hydrogen-bond acceptors (Lipinski definition) is 3. The van der Waals surface area contributed by atoms with E-state index in [1.54, 1.807) is 11.3 Å². The van der Waals surface area contributed by atoms with Crippen molar-refractivity contribution in [2.75, 3.05) is 0 Å². The zero-order valence-corrected chi connectivity index (χ0v) is 12.4. The van der Waals surface area contributed by atoms with Gasteiger partial charge in [-0.3, -0.25) is 0 Å². The van der Waals surface area contributed by atoms with E-state index in [0.29, 0.717) is 5.89 Å². The number of thiophene rings is 1. The zero-order valence-electron chi connectivity index (χ0n) is 11.6. The van der Waals surface area contributed by atoms with Crippen molar-refractivity contribution in [1.29, 1.82) is 0 Å². The Balaban J connectivity index is 1.75. The van der Waals surface area contributed by atoms with Crippen LogP contribution in [0.4, 0.5) is 0 Å². The first kappa shape index (κ1) is 12.0. The van der Waals surface area contributed by atoms with Gasteiger partial charge >= 0.3 is 0 Å². The Morgan fingerprint density at radius 3 is 2.32 bits per heavy atom. The molecule has 5 aromatic rings. The van der Waals surface area contributed by atoms with E-state index in [2.05, 4.69) is 59.6 Å². The molecule has 0 saturated heterocycles. The molecular weight excluding hydrogens is 290 g/mol. The van der Waals surface area contributed by atoms with Crippen molar-refractivity contribution in [3.8, 4) is 10.8 Å². The first-order valence-electron chi connectivity index (χ1n) is 7.15. The van der Waals surface area contributed by atoms with Gasteiger partial charge in [-0.25, -0.2) is 4.98 Å². The van der Waals surface area contributed by atoms with Crippen LogP contribution >= 0.6 is 11.3 Å². The average Bonchev–Trinajstić information content (AvgIpc) is 3.15. The highest BCUT2D eigenvalue weighted by Gasteiger charge is 2.12. The average molecular weight is 301 g/mol. The van der Waals surface area contributed by atoms with Gasteiger partial charge in [-0.1, -0.05) is 42.5 Å². The fourth-order valence-electron chi connectivity index (χ4n) is 2.81. The highest BCUT2D eigenvalue weighted by atomic mass is 32.1. The van der Waals surface area contributed by atoms with Crippen molar-refractivity contribution in [1.82, 2.24) is 4.98 Å². The lowest BCUT2D eigenvalue weighted by Crippen LogP contribution is -1.73. The first-order chi connectivity index (χ1) is 10.9. The number of oxazole rings is 1. The fourth-order valence-corrected chi connectivity index (χ4v) is 3.79. The summed E-state index contributed by atoms with van der Waals surface area (Å²) in [5, 5.41) is 3.59. The molecule has 0 bridgehead atoms. The molecule has 0 saturated carbocycles. The molecule has 0 radical (unpaired) electrons. The lowest BCUT2D eigenvalue weighted by Gasteiger charge is -1.94. The third kappa shape index (κ3) is 1.76. The van der Waals surface area contributed by atoms with Gasteiger partial charge in [-0.05, 0) is 40.4 Å². The molecular formula is C19H11NOS.